The second-order valence-electron chi connectivity index (χ2n) is 5.13. The molecule has 132 valence electrons. The molecular weight excluding hydrogens is 336 g/mol. The number of nitriles is 1. The maximum Gasteiger partial charge on any atom is 0.349 e. The van der Waals surface area contributed by atoms with Gasteiger partial charge in [-0.05, 0) is 36.8 Å². The highest BCUT2D eigenvalue weighted by Crippen LogP contribution is 2.19. The quantitative estimate of drug-likeness (QED) is 0.248. The zero-order valence-corrected chi connectivity index (χ0v) is 14.0. The molecule has 0 N–H and O–H groups in total. The largest absolute Gasteiger partial charge is 0.494 e. The first-order valence-electron chi connectivity index (χ1n) is 7.79. The number of esters is 1. The summed E-state index contributed by atoms with van der Waals surface area (Å²) < 4.78 is 10.4. The average Bonchev–Trinajstić information content (AvgIpc) is 2.65. The molecule has 0 saturated heterocycles. The van der Waals surface area contributed by atoms with Crippen LogP contribution < -0.4 is 4.74 Å². The van der Waals surface area contributed by atoms with E-state index < -0.39 is 10.9 Å². The summed E-state index contributed by atoms with van der Waals surface area (Å²) in [5.74, 6) is -0.165. The number of carbonyl (C=O) groups excluding carboxylic acids is 1. The highest BCUT2D eigenvalue weighted by molar-refractivity contribution is 5.97. The van der Waals surface area contributed by atoms with Crippen LogP contribution in [-0.2, 0) is 16.1 Å². The van der Waals surface area contributed by atoms with Crippen molar-refractivity contribution >= 4 is 17.7 Å². The Balaban J connectivity index is 2.09. The summed E-state index contributed by atoms with van der Waals surface area (Å²) in [6.45, 7) is 2.11. The lowest BCUT2D eigenvalue weighted by atomic mass is 10.1. The van der Waals surface area contributed by atoms with Gasteiger partial charge in [-0.2, -0.15) is 5.26 Å². The molecule has 0 bridgehead atoms. The van der Waals surface area contributed by atoms with E-state index in [2.05, 4.69) is 0 Å². The van der Waals surface area contributed by atoms with Crippen LogP contribution in [0, 0.1) is 21.4 Å². The van der Waals surface area contributed by atoms with Gasteiger partial charge < -0.3 is 9.47 Å². The number of ether oxygens (including phenoxy) is 2. The highest BCUT2D eigenvalue weighted by Gasteiger charge is 2.16. The summed E-state index contributed by atoms with van der Waals surface area (Å²) in [7, 11) is 0. The van der Waals surface area contributed by atoms with Gasteiger partial charge in [-0.1, -0.05) is 24.3 Å². The number of hydrogen-bond acceptors (Lipinski definition) is 6. The minimum Gasteiger partial charge on any atom is -0.494 e. The van der Waals surface area contributed by atoms with Crippen molar-refractivity contribution in [1.82, 2.24) is 0 Å². The van der Waals surface area contributed by atoms with Crippen LogP contribution in [0.4, 0.5) is 5.69 Å². The van der Waals surface area contributed by atoms with Gasteiger partial charge in [-0.3, -0.25) is 10.1 Å². The maximum atomic E-state index is 12.1. The molecule has 2 aromatic rings. The standard InChI is InChI=1S/C19H16N2O5/c1-2-25-17-9-7-14(8-10-17)11-16(12-20)19(22)26-13-15-5-3-4-6-18(15)21(23)24/h3-11H,2,13H2,1H3/b16-11+. The molecule has 0 aliphatic heterocycles. The number of nitro benzene ring substituents is 1. The molecule has 0 spiro atoms. The van der Waals surface area contributed by atoms with Crippen molar-refractivity contribution in [3.63, 3.8) is 0 Å². The van der Waals surface area contributed by atoms with Crippen LogP contribution in [0.15, 0.2) is 54.1 Å². The Hall–Kier alpha value is -3.66. The molecule has 0 aliphatic carbocycles. The van der Waals surface area contributed by atoms with E-state index >= 15 is 0 Å². The number of hydrogen-bond donors (Lipinski definition) is 0. The fourth-order valence-corrected chi connectivity index (χ4v) is 2.16. The van der Waals surface area contributed by atoms with Crippen molar-refractivity contribution in [3.8, 4) is 11.8 Å². The molecule has 0 aliphatic rings. The molecule has 0 aromatic heterocycles. The minimum absolute atomic E-state index is 0.144. The summed E-state index contributed by atoms with van der Waals surface area (Å²) in [6.07, 6.45) is 1.39. The lowest BCUT2D eigenvalue weighted by molar-refractivity contribution is -0.385. The van der Waals surface area contributed by atoms with E-state index in [1.807, 2.05) is 6.92 Å². The van der Waals surface area contributed by atoms with Gasteiger partial charge in [0, 0.05) is 6.07 Å². The first kappa shape index (κ1) is 18.7. The van der Waals surface area contributed by atoms with Crippen LogP contribution in [0.3, 0.4) is 0 Å². The predicted octanol–water partition coefficient (Wildman–Crippen LogP) is 3.64. The van der Waals surface area contributed by atoms with Crippen molar-refractivity contribution in [2.45, 2.75) is 13.5 Å². The van der Waals surface area contributed by atoms with E-state index in [4.69, 9.17) is 9.47 Å². The molecule has 7 nitrogen and oxygen atoms in total. The summed E-state index contributed by atoms with van der Waals surface area (Å²) in [5, 5.41) is 20.1. The zero-order valence-electron chi connectivity index (χ0n) is 14.0. The molecule has 0 atom stereocenters. The lowest BCUT2D eigenvalue weighted by Gasteiger charge is -2.05. The number of carbonyl (C=O) groups is 1. The van der Waals surface area contributed by atoms with Gasteiger partial charge in [0.2, 0.25) is 0 Å². The van der Waals surface area contributed by atoms with E-state index in [9.17, 15) is 20.2 Å². The van der Waals surface area contributed by atoms with E-state index in [0.717, 1.165) is 0 Å². The van der Waals surface area contributed by atoms with E-state index in [1.54, 1.807) is 36.4 Å². The maximum absolute atomic E-state index is 12.1. The minimum atomic E-state index is -0.848. The second kappa shape index (κ2) is 8.99. The summed E-state index contributed by atoms with van der Waals surface area (Å²) >= 11 is 0. The van der Waals surface area contributed by atoms with E-state index in [-0.39, 0.29) is 23.4 Å². The van der Waals surface area contributed by atoms with Gasteiger partial charge in [0.05, 0.1) is 17.1 Å². The fourth-order valence-electron chi connectivity index (χ4n) is 2.16. The van der Waals surface area contributed by atoms with Gasteiger partial charge in [0.25, 0.3) is 5.69 Å². The molecule has 0 amide bonds. The van der Waals surface area contributed by atoms with Crippen LogP contribution in [-0.4, -0.2) is 17.5 Å². The number of benzene rings is 2. The number of nitro groups is 1. The Bertz CT molecular complexity index is 866. The summed E-state index contributed by atoms with van der Waals surface area (Å²) in [5.41, 5.74) is 0.541. The Kier molecular flexibility index (Phi) is 6.46. The van der Waals surface area contributed by atoms with Crippen molar-refractivity contribution in [3.05, 3.63) is 75.3 Å². The molecule has 2 rings (SSSR count). The van der Waals surface area contributed by atoms with Gasteiger partial charge in [-0.15, -0.1) is 0 Å². The van der Waals surface area contributed by atoms with Gasteiger partial charge in [-0.25, -0.2) is 4.79 Å². The predicted molar refractivity (Wildman–Crippen MR) is 94.1 cm³/mol. The molecule has 0 unspecified atom stereocenters. The van der Waals surface area contributed by atoms with Gasteiger partial charge >= 0.3 is 5.97 Å². The normalized spacial score (nSPS) is 10.7. The molecule has 0 radical (unpaired) electrons. The van der Waals surface area contributed by atoms with Crippen LogP contribution in [0.1, 0.15) is 18.1 Å². The number of nitrogens with zero attached hydrogens (tertiary/aromatic N) is 2. The average molecular weight is 352 g/mol. The Labute approximate surface area is 150 Å². The number of rotatable bonds is 7. The van der Waals surface area contributed by atoms with Crippen LogP contribution in [0.2, 0.25) is 0 Å². The Morgan fingerprint density at radius 2 is 1.92 bits per heavy atom. The Morgan fingerprint density at radius 3 is 2.54 bits per heavy atom. The summed E-state index contributed by atoms with van der Waals surface area (Å²) in [4.78, 5) is 22.5. The molecule has 2 aromatic carbocycles. The van der Waals surface area contributed by atoms with Crippen LogP contribution in [0.25, 0.3) is 6.08 Å². The third-order valence-corrected chi connectivity index (χ3v) is 3.39. The molecule has 0 heterocycles. The Morgan fingerprint density at radius 1 is 1.23 bits per heavy atom. The van der Waals surface area contributed by atoms with Gasteiger partial charge in [0.15, 0.2) is 0 Å². The second-order valence-corrected chi connectivity index (χ2v) is 5.13. The zero-order chi connectivity index (χ0) is 18.9. The van der Waals surface area contributed by atoms with Crippen molar-refractivity contribution in [2.24, 2.45) is 0 Å². The SMILES string of the molecule is CCOc1ccc(/C=C(\C#N)C(=O)OCc2ccccc2[N+](=O)[O-])cc1. The topological polar surface area (TPSA) is 102 Å². The number of para-hydroxylation sites is 1. The molecule has 0 fully saturated rings. The van der Waals surface area contributed by atoms with E-state index in [0.29, 0.717) is 17.9 Å². The van der Waals surface area contributed by atoms with Crippen LogP contribution in [0.5, 0.6) is 5.75 Å². The van der Waals surface area contributed by atoms with Crippen molar-refractivity contribution in [2.75, 3.05) is 6.61 Å². The highest BCUT2D eigenvalue weighted by atomic mass is 16.6. The molecule has 26 heavy (non-hydrogen) atoms. The molecular formula is C19H16N2O5. The third-order valence-electron chi connectivity index (χ3n) is 3.39. The lowest BCUT2D eigenvalue weighted by Crippen LogP contribution is -2.08. The van der Waals surface area contributed by atoms with Gasteiger partial charge in [0.1, 0.15) is 24.0 Å². The van der Waals surface area contributed by atoms with E-state index in [1.165, 1.54) is 24.3 Å². The van der Waals surface area contributed by atoms with Crippen molar-refractivity contribution in [1.29, 1.82) is 5.26 Å². The fraction of sp³-hybridized carbons (Fsp3) is 0.158. The third kappa shape index (κ3) is 4.92. The summed E-state index contributed by atoms with van der Waals surface area (Å²) in [6, 6.07) is 14.6. The van der Waals surface area contributed by atoms with Crippen LogP contribution >= 0.6 is 0 Å². The first-order chi connectivity index (χ1) is 12.5. The first-order valence-corrected chi connectivity index (χ1v) is 7.79. The molecule has 7 heteroatoms. The molecule has 0 saturated carbocycles. The monoisotopic (exact) mass is 352 g/mol. The smallest absolute Gasteiger partial charge is 0.349 e. The van der Waals surface area contributed by atoms with Crippen molar-refractivity contribution < 1.29 is 19.2 Å².